The number of hydrogen-bond acceptors (Lipinski definition) is 2. The highest BCUT2D eigenvalue weighted by Crippen LogP contribution is 2.24. The summed E-state index contributed by atoms with van der Waals surface area (Å²) in [5.74, 6) is -2.68. The van der Waals surface area contributed by atoms with E-state index >= 15 is 0 Å². The Hall–Kier alpha value is -2.47. The van der Waals surface area contributed by atoms with E-state index in [0.29, 0.717) is 10.7 Å². The zero-order valence-electron chi connectivity index (χ0n) is 13.8. The van der Waals surface area contributed by atoms with Crippen LogP contribution in [0.3, 0.4) is 0 Å². The van der Waals surface area contributed by atoms with Crippen molar-refractivity contribution in [3.05, 3.63) is 58.6 Å². The normalized spacial score (nSPS) is 10.4. The van der Waals surface area contributed by atoms with Gasteiger partial charge in [0.1, 0.15) is 17.3 Å². The van der Waals surface area contributed by atoms with Crippen molar-refractivity contribution in [2.45, 2.75) is 20.3 Å². The van der Waals surface area contributed by atoms with Gasteiger partial charge in [0.2, 0.25) is 11.8 Å². The fourth-order valence-electron chi connectivity index (χ4n) is 2.28. The molecule has 0 fully saturated rings. The number of para-hydroxylation sites is 1. The van der Waals surface area contributed by atoms with E-state index in [9.17, 15) is 18.4 Å². The van der Waals surface area contributed by atoms with E-state index in [1.165, 1.54) is 13.0 Å². The van der Waals surface area contributed by atoms with Gasteiger partial charge >= 0.3 is 0 Å². The summed E-state index contributed by atoms with van der Waals surface area (Å²) in [7, 11) is 0. The lowest BCUT2D eigenvalue weighted by Crippen LogP contribution is -2.33. The third kappa shape index (κ3) is 4.76. The molecule has 0 atom stereocenters. The summed E-state index contributed by atoms with van der Waals surface area (Å²) < 4.78 is 27.7. The quantitative estimate of drug-likeness (QED) is 0.857. The molecule has 0 saturated heterocycles. The number of nitrogens with zero attached hydrogens (tertiary/aromatic N) is 1. The Morgan fingerprint density at radius 3 is 2.36 bits per heavy atom. The molecule has 0 aromatic heterocycles. The molecule has 0 aliphatic rings. The first-order chi connectivity index (χ1) is 11.8. The lowest BCUT2D eigenvalue weighted by atomic mass is 10.2. The van der Waals surface area contributed by atoms with Crippen molar-refractivity contribution in [2.75, 3.05) is 16.8 Å². The van der Waals surface area contributed by atoms with Crippen molar-refractivity contribution in [3.63, 3.8) is 0 Å². The SMILES string of the molecule is CC(=O)N(CCC(=O)Nc1ccc(C)c(Cl)c1)c1c(F)cccc1F. The van der Waals surface area contributed by atoms with Gasteiger partial charge in [-0.1, -0.05) is 23.7 Å². The van der Waals surface area contributed by atoms with Gasteiger partial charge in [0.05, 0.1) is 0 Å². The first-order valence-electron chi connectivity index (χ1n) is 7.57. The fourth-order valence-corrected chi connectivity index (χ4v) is 2.46. The Morgan fingerprint density at radius 2 is 1.80 bits per heavy atom. The van der Waals surface area contributed by atoms with E-state index < -0.39 is 29.1 Å². The van der Waals surface area contributed by atoms with Crippen molar-refractivity contribution >= 4 is 34.8 Å². The highest BCUT2D eigenvalue weighted by atomic mass is 35.5. The van der Waals surface area contributed by atoms with E-state index in [1.54, 1.807) is 18.2 Å². The van der Waals surface area contributed by atoms with Crippen molar-refractivity contribution in [2.24, 2.45) is 0 Å². The molecule has 1 N–H and O–H groups in total. The minimum absolute atomic E-state index is 0.126. The van der Waals surface area contributed by atoms with Crippen molar-refractivity contribution in [3.8, 4) is 0 Å². The Kier molecular flexibility index (Phi) is 6.09. The van der Waals surface area contributed by atoms with E-state index in [0.717, 1.165) is 22.6 Å². The summed E-state index contributed by atoms with van der Waals surface area (Å²) in [6, 6.07) is 8.38. The summed E-state index contributed by atoms with van der Waals surface area (Å²) in [5.41, 5.74) is 0.922. The lowest BCUT2D eigenvalue weighted by Gasteiger charge is -2.22. The lowest BCUT2D eigenvalue weighted by molar-refractivity contribution is -0.117. The second kappa shape index (κ2) is 8.07. The largest absolute Gasteiger partial charge is 0.326 e. The maximum atomic E-state index is 13.9. The Morgan fingerprint density at radius 1 is 1.16 bits per heavy atom. The van der Waals surface area contributed by atoms with Gasteiger partial charge in [-0.15, -0.1) is 0 Å². The third-order valence-electron chi connectivity index (χ3n) is 3.61. The molecule has 0 unspecified atom stereocenters. The predicted octanol–water partition coefficient (Wildman–Crippen LogP) is 4.31. The average molecular weight is 367 g/mol. The van der Waals surface area contributed by atoms with Crippen molar-refractivity contribution in [1.82, 2.24) is 0 Å². The minimum atomic E-state index is -0.860. The van der Waals surface area contributed by atoms with Crippen LogP contribution in [0.4, 0.5) is 20.2 Å². The highest BCUT2D eigenvalue weighted by Gasteiger charge is 2.20. The van der Waals surface area contributed by atoms with Gasteiger partial charge in [-0.25, -0.2) is 8.78 Å². The van der Waals surface area contributed by atoms with E-state index in [1.807, 2.05) is 6.92 Å². The monoisotopic (exact) mass is 366 g/mol. The second-order valence-electron chi connectivity index (χ2n) is 5.50. The summed E-state index contributed by atoms with van der Waals surface area (Å²) in [4.78, 5) is 24.7. The molecule has 7 heteroatoms. The maximum Gasteiger partial charge on any atom is 0.226 e. The molecular formula is C18H17ClF2N2O2. The van der Waals surface area contributed by atoms with Gasteiger partial charge in [-0.05, 0) is 36.8 Å². The molecule has 2 amide bonds. The third-order valence-corrected chi connectivity index (χ3v) is 4.01. The van der Waals surface area contributed by atoms with Crippen molar-refractivity contribution < 1.29 is 18.4 Å². The molecule has 2 aromatic carbocycles. The zero-order chi connectivity index (χ0) is 18.6. The van der Waals surface area contributed by atoms with Crippen LogP contribution in [0, 0.1) is 18.6 Å². The Labute approximate surface area is 149 Å². The van der Waals surface area contributed by atoms with E-state index in [-0.39, 0.29) is 13.0 Å². The fraction of sp³-hybridized carbons (Fsp3) is 0.222. The smallest absolute Gasteiger partial charge is 0.226 e. The molecular weight excluding hydrogens is 350 g/mol. The van der Waals surface area contributed by atoms with E-state index in [4.69, 9.17) is 11.6 Å². The summed E-state index contributed by atoms with van der Waals surface area (Å²) >= 11 is 5.99. The number of aryl methyl sites for hydroxylation is 1. The number of halogens is 3. The second-order valence-corrected chi connectivity index (χ2v) is 5.91. The van der Waals surface area contributed by atoms with Gasteiger partial charge in [0.15, 0.2) is 0 Å². The molecule has 0 aliphatic carbocycles. The molecule has 4 nitrogen and oxygen atoms in total. The molecule has 0 saturated carbocycles. The average Bonchev–Trinajstić information content (AvgIpc) is 2.53. The van der Waals surface area contributed by atoms with Crippen molar-refractivity contribution in [1.29, 1.82) is 0 Å². The summed E-state index contributed by atoms with van der Waals surface area (Å²) in [5, 5.41) is 3.15. The molecule has 0 bridgehead atoms. The number of amides is 2. The molecule has 2 rings (SSSR count). The zero-order valence-corrected chi connectivity index (χ0v) is 14.5. The molecule has 25 heavy (non-hydrogen) atoms. The van der Waals surface area contributed by atoms with Crippen LogP contribution in [-0.2, 0) is 9.59 Å². The van der Waals surface area contributed by atoms with Crippen LogP contribution < -0.4 is 10.2 Å². The molecule has 0 spiro atoms. The number of carbonyl (C=O) groups excluding carboxylic acids is 2. The summed E-state index contributed by atoms with van der Waals surface area (Å²) in [6.45, 7) is 2.86. The molecule has 132 valence electrons. The first kappa shape index (κ1) is 18.9. The molecule has 0 aliphatic heterocycles. The van der Waals surface area contributed by atoms with Gasteiger partial charge in [-0.2, -0.15) is 0 Å². The number of carbonyl (C=O) groups is 2. The standard InChI is InChI=1S/C18H17ClF2N2O2/c1-11-6-7-13(10-14(11)19)22-17(25)8-9-23(12(2)24)18-15(20)4-3-5-16(18)21/h3-7,10H,8-9H2,1-2H3,(H,22,25). The van der Waals surface area contributed by atoms with Crippen LogP contribution in [0.25, 0.3) is 0 Å². The van der Waals surface area contributed by atoms with Crippen LogP contribution in [0.15, 0.2) is 36.4 Å². The highest BCUT2D eigenvalue weighted by molar-refractivity contribution is 6.31. The van der Waals surface area contributed by atoms with Crippen LogP contribution >= 0.6 is 11.6 Å². The first-order valence-corrected chi connectivity index (χ1v) is 7.95. The van der Waals surface area contributed by atoms with Gasteiger partial charge in [-0.3, -0.25) is 9.59 Å². The Balaban J connectivity index is 2.07. The predicted molar refractivity (Wildman–Crippen MR) is 93.8 cm³/mol. The minimum Gasteiger partial charge on any atom is -0.326 e. The molecule has 0 heterocycles. The summed E-state index contributed by atoms with van der Waals surface area (Å²) in [6.07, 6.45) is -0.126. The molecule has 2 aromatic rings. The van der Waals surface area contributed by atoms with Crippen LogP contribution in [0.1, 0.15) is 18.9 Å². The van der Waals surface area contributed by atoms with Crippen LogP contribution in [0.2, 0.25) is 5.02 Å². The van der Waals surface area contributed by atoms with Gasteiger partial charge in [0.25, 0.3) is 0 Å². The van der Waals surface area contributed by atoms with Gasteiger partial charge in [0, 0.05) is 30.6 Å². The number of anilines is 2. The molecule has 0 radical (unpaired) electrons. The maximum absolute atomic E-state index is 13.9. The van der Waals surface area contributed by atoms with Gasteiger partial charge < -0.3 is 10.2 Å². The number of hydrogen-bond donors (Lipinski definition) is 1. The van der Waals surface area contributed by atoms with Crippen LogP contribution in [-0.4, -0.2) is 18.4 Å². The number of benzene rings is 2. The Bertz CT molecular complexity index is 791. The van der Waals surface area contributed by atoms with Crippen LogP contribution in [0.5, 0.6) is 0 Å². The number of nitrogens with one attached hydrogen (secondary N) is 1. The number of rotatable bonds is 5. The van der Waals surface area contributed by atoms with E-state index in [2.05, 4.69) is 5.32 Å². The topological polar surface area (TPSA) is 49.4 Å².